The van der Waals surface area contributed by atoms with Crippen molar-refractivity contribution in [3.05, 3.63) is 41.7 Å². The minimum Gasteiger partial charge on any atom is -0.478 e. The van der Waals surface area contributed by atoms with Gasteiger partial charge in [-0.2, -0.15) is 0 Å². The number of nitrogens with one attached hydrogen (secondary N) is 1. The van der Waals surface area contributed by atoms with Crippen molar-refractivity contribution in [1.82, 2.24) is 5.16 Å². The molecule has 8 heteroatoms. The van der Waals surface area contributed by atoms with Gasteiger partial charge in [0.15, 0.2) is 5.82 Å². The molecular weight excluding hydrogens is 272 g/mol. The van der Waals surface area contributed by atoms with E-state index >= 15 is 0 Å². The van der Waals surface area contributed by atoms with Crippen LogP contribution in [0.25, 0.3) is 0 Å². The predicted molar refractivity (Wildman–Crippen MR) is 65.4 cm³/mol. The molecule has 0 atom stereocenters. The van der Waals surface area contributed by atoms with Gasteiger partial charge in [0.1, 0.15) is 6.26 Å². The summed E-state index contributed by atoms with van der Waals surface area (Å²) in [6.45, 7) is 1.57. The summed E-state index contributed by atoms with van der Waals surface area (Å²) < 4.78 is 30.9. The van der Waals surface area contributed by atoms with E-state index in [-0.39, 0.29) is 16.3 Å². The molecule has 7 nitrogen and oxygen atoms in total. The van der Waals surface area contributed by atoms with E-state index in [2.05, 4.69) is 14.4 Å². The van der Waals surface area contributed by atoms with Crippen LogP contribution in [-0.2, 0) is 10.0 Å². The Morgan fingerprint density at radius 2 is 2.11 bits per heavy atom. The van der Waals surface area contributed by atoms with Crippen molar-refractivity contribution in [3.63, 3.8) is 0 Å². The van der Waals surface area contributed by atoms with Crippen molar-refractivity contribution >= 4 is 21.8 Å². The fourth-order valence-electron chi connectivity index (χ4n) is 1.48. The molecule has 0 saturated carbocycles. The Kier molecular flexibility index (Phi) is 3.26. The molecule has 19 heavy (non-hydrogen) atoms. The van der Waals surface area contributed by atoms with Gasteiger partial charge < -0.3 is 9.63 Å². The molecule has 0 fully saturated rings. The maximum Gasteiger partial charge on any atom is 0.335 e. The van der Waals surface area contributed by atoms with Crippen molar-refractivity contribution in [2.24, 2.45) is 0 Å². The first-order valence-electron chi connectivity index (χ1n) is 5.17. The van der Waals surface area contributed by atoms with Crippen molar-refractivity contribution in [2.75, 3.05) is 4.72 Å². The van der Waals surface area contributed by atoms with E-state index in [0.717, 1.165) is 6.07 Å². The molecule has 0 amide bonds. The number of nitrogens with zero attached hydrogens (tertiary/aromatic N) is 1. The molecule has 1 aromatic heterocycles. The molecule has 0 spiro atoms. The third-order valence-electron chi connectivity index (χ3n) is 2.40. The standard InChI is InChI=1S/C11H10N2O5S/c1-7-2-3-8(11(14)15)6-9(7)19(16,17)13-10-4-5-18-12-10/h2-6H,1H3,(H,12,13)(H,14,15). The van der Waals surface area contributed by atoms with Crippen molar-refractivity contribution in [3.8, 4) is 0 Å². The lowest BCUT2D eigenvalue weighted by molar-refractivity contribution is 0.0696. The summed E-state index contributed by atoms with van der Waals surface area (Å²) in [5.74, 6) is -1.17. The Labute approximate surface area is 108 Å². The zero-order chi connectivity index (χ0) is 14.0. The predicted octanol–water partition coefficient (Wildman–Crippen LogP) is 1.48. The number of benzene rings is 1. The second-order valence-electron chi connectivity index (χ2n) is 3.78. The molecule has 0 radical (unpaired) electrons. The van der Waals surface area contributed by atoms with E-state index in [4.69, 9.17) is 5.11 Å². The van der Waals surface area contributed by atoms with Crippen LogP contribution in [0.4, 0.5) is 5.82 Å². The first-order chi connectivity index (χ1) is 8.90. The molecule has 2 rings (SSSR count). The summed E-state index contributed by atoms with van der Waals surface area (Å²) in [5.41, 5.74) is 0.326. The van der Waals surface area contributed by atoms with Crippen LogP contribution in [0.2, 0.25) is 0 Å². The quantitative estimate of drug-likeness (QED) is 0.879. The molecule has 1 heterocycles. The summed E-state index contributed by atoms with van der Waals surface area (Å²) in [6.07, 6.45) is 1.22. The van der Waals surface area contributed by atoms with Crippen LogP contribution in [0.15, 0.2) is 39.9 Å². The van der Waals surface area contributed by atoms with Crippen LogP contribution in [0.5, 0.6) is 0 Å². The number of sulfonamides is 1. The summed E-state index contributed by atoms with van der Waals surface area (Å²) >= 11 is 0. The smallest absolute Gasteiger partial charge is 0.335 e. The molecule has 0 bridgehead atoms. The molecule has 0 saturated heterocycles. The Hall–Kier alpha value is -2.35. The maximum atomic E-state index is 12.1. The van der Waals surface area contributed by atoms with Gasteiger partial charge in [-0.1, -0.05) is 11.2 Å². The van der Waals surface area contributed by atoms with Gasteiger partial charge in [-0.25, -0.2) is 13.2 Å². The van der Waals surface area contributed by atoms with Gasteiger partial charge in [0.05, 0.1) is 10.5 Å². The first-order valence-corrected chi connectivity index (χ1v) is 6.65. The zero-order valence-electron chi connectivity index (χ0n) is 9.82. The highest BCUT2D eigenvalue weighted by molar-refractivity contribution is 7.92. The second kappa shape index (κ2) is 4.73. The minimum atomic E-state index is -3.91. The number of aromatic carboxylic acids is 1. The van der Waals surface area contributed by atoms with Crippen LogP contribution >= 0.6 is 0 Å². The van der Waals surface area contributed by atoms with Crippen molar-refractivity contribution < 1.29 is 22.8 Å². The number of hydrogen-bond acceptors (Lipinski definition) is 5. The van der Waals surface area contributed by atoms with E-state index in [0.29, 0.717) is 5.56 Å². The number of rotatable bonds is 4. The minimum absolute atomic E-state index is 0.0279. The Morgan fingerprint density at radius 1 is 1.37 bits per heavy atom. The first kappa shape index (κ1) is 13.1. The highest BCUT2D eigenvalue weighted by atomic mass is 32.2. The lowest BCUT2D eigenvalue weighted by atomic mass is 10.1. The average Bonchev–Trinajstić information content (AvgIpc) is 2.81. The highest BCUT2D eigenvalue weighted by Crippen LogP contribution is 2.20. The van der Waals surface area contributed by atoms with Gasteiger partial charge in [0.25, 0.3) is 10.0 Å². The van der Waals surface area contributed by atoms with E-state index in [1.165, 1.54) is 24.5 Å². The van der Waals surface area contributed by atoms with E-state index < -0.39 is 16.0 Å². The summed E-state index contributed by atoms with van der Waals surface area (Å²) in [6, 6.07) is 5.21. The largest absolute Gasteiger partial charge is 0.478 e. The number of carboxylic acids is 1. The van der Waals surface area contributed by atoms with Crippen LogP contribution < -0.4 is 4.72 Å². The summed E-state index contributed by atoms with van der Waals surface area (Å²) in [7, 11) is -3.91. The summed E-state index contributed by atoms with van der Waals surface area (Å²) in [4.78, 5) is 10.8. The SMILES string of the molecule is Cc1ccc(C(=O)O)cc1S(=O)(=O)Nc1ccon1. The topological polar surface area (TPSA) is 110 Å². The van der Waals surface area contributed by atoms with Gasteiger partial charge in [0, 0.05) is 6.07 Å². The number of carbonyl (C=O) groups is 1. The van der Waals surface area contributed by atoms with Crippen molar-refractivity contribution in [1.29, 1.82) is 0 Å². The van der Waals surface area contributed by atoms with Crippen LogP contribution in [-0.4, -0.2) is 24.7 Å². The molecule has 0 aliphatic carbocycles. The molecule has 0 aliphatic rings. The molecule has 2 N–H and O–H groups in total. The van der Waals surface area contributed by atoms with Crippen LogP contribution in [0.1, 0.15) is 15.9 Å². The summed E-state index contributed by atoms with van der Waals surface area (Å²) in [5, 5.41) is 12.3. The molecule has 1 aromatic carbocycles. The number of aryl methyl sites for hydroxylation is 1. The zero-order valence-corrected chi connectivity index (χ0v) is 10.6. The fraction of sp³-hybridized carbons (Fsp3) is 0.0909. The lowest BCUT2D eigenvalue weighted by Crippen LogP contribution is -2.15. The highest BCUT2D eigenvalue weighted by Gasteiger charge is 2.20. The van der Waals surface area contributed by atoms with Gasteiger partial charge in [0.2, 0.25) is 0 Å². The fourth-order valence-corrected chi connectivity index (χ4v) is 2.75. The lowest BCUT2D eigenvalue weighted by Gasteiger charge is -2.08. The molecule has 2 aromatic rings. The third-order valence-corrected chi connectivity index (χ3v) is 3.90. The molecule has 0 aliphatic heterocycles. The van der Waals surface area contributed by atoms with Gasteiger partial charge in [-0.05, 0) is 24.6 Å². The number of aromatic nitrogens is 1. The molecule has 100 valence electrons. The van der Waals surface area contributed by atoms with Crippen LogP contribution in [0, 0.1) is 6.92 Å². The monoisotopic (exact) mass is 282 g/mol. The van der Waals surface area contributed by atoms with E-state index in [9.17, 15) is 13.2 Å². The number of anilines is 1. The maximum absolute atomic E-state index is 12.1. The number of carboxylic acid groups (broad SMARTS) is 1. The third kappa shape index (κ3) is 2.74. The normalized spacial score (nSPS) is 11.2. The van der Waals surface area contributed by atoms with E-state index in [1.807, 2.05) is 0 Å². The number of hydrogen-bond donors (Lipinski definition) is 2. The Balaban J connectivity index is 2.45. The van der Waals surface area contributed by atoms with Crippen LogP contribution in [0.3, 0.4) is 0 Å². The Bertz CT molecular complexity index is 707. The Morgan fingerprint density at radius 3 is 2.68 bits per heavy atom. The van der Waals surface area contributed by atoms with Gasteiger partial charge in [-0.15, -0.1) is 0 Å². The van der Waals surface area contributed by atoms with Gasteiger partial charge in [-0.3, -0.25) is 4.72 Å². The van der Waals surface area contributed by atoms with E-state index in [1.54, 1.807) is 6.92 Å². The molecule has 0 unspecified atom stereocenters. The second-order valence-corrected chi connectivity index (χ2v) is 5.43. The average molecular weight is 282 g/mol. The molecular formula is C11H10N2O5S. The van der Waals surface area contributed by atoms with Gasteiger partial charge >= 0.3 is 5.97 Å². The van der Waals surface area contributed by atoms with Crippen molar-refractivity contribution in [2.45, 2.75) is 11.8 Å².